The molecular weight excluding hydrogens is 448 g/mol. The molecule has 0 saturated carbocycles. The van der Waals surface area contributed by atoms with Crippen molar-refractivity contribution in [3.63, 3.8) is 0 Å². The van der Waals surface area contributed by atoms with E-state index < -0.39 is 19.9 Å². The van der Waals surface area contributed by atoms with Crippen molar-refractivity contribution in [2.24, 2.45) is 5.92 Å². The number of hydrogen-bond acceptors (Lipinski definition) is 5. The molecule has 1 aliphatic rings. The van der Waals surface area contributed by atoms with Crippen LogP contribution < -0.4 is 5.32 Å². The Morgan fingerprint density at radius 3 is 2.06 bits per heavy atom. The molecule has 0 unspecified atom stereocenters. The van der Waals surface area contributed by atoms with E-state index in [1.807, 2.05) is 24.3 Å². The number of anilines is 1. The first-order chi connectivity index (χ1) is 15.1. The molecule has 0 aliphatic carbocycles. The molecule has 0 spiro atoms. The lowest BCUT2D eigenvalue weighted by Crippen LogP contribution is -2.41. The van der Waals surface area contributed by atoms with Gasteiger partial charge in [0.25, 0.3) is 0 Å². The summed E-state index contributed by atoms with van der Waals surface area (Å²) in [6, 6.07) is 18.7. The lowest BCUT2D eigenvalue weighted by atomic mass is 9.97. The number of benzene rings is 3. The first-order valence-electron chi connectivity index (χ1n) is 10.2. The average molecular weight is 473 g/mol. The summed E-state index contributed by atoms with van der Waals surface area (Å²) >= 11 is 0. The predicted octanol–water partition coefficient (Wildman–Crippen LogP) is 3.28. The van der Waals surface area contributed by atoms with E-state index >= 15 is 0 Å². The molecule has 1 N–H and O–H groups in total. The van der Waals surface area contributed by atoms with Gasteiger partial charge in [-0.15, -0.1) is 0 Å². The quantitative estimate of drug-likeness (QED) is 0.614. The van der Waals surface area contributed by atoms with Gasteiger partial charge in [-0.2, -0.15) is 4.31 Å². The summed E-state index contributed by atoms with van der Waals surface area (Å²) in [7, 11) is -6.93. The van der Waals surface area contributed by atoms with Crippen LogP contribution in [0.15, 0.2) is 76.5 Å². The first kappa shape index (κ1) is 22.4. The number of fused-ring (bicyclic) bond motifs is 1. The van der Waals surface area contributed by atoms with Gasteiger partial charge in [-0.25, -0.2) is 16.8 Å². The summed E-state index contributed by atoms with van der Waals surface area (Å²) in [5, 5.41) is 4.64. The predicted molar refractivity (Wildman–Crippen MR) is 124 cm³/mol. The molecule has 0 aromatic heterocycles. The Kier molecular flexibility index (Phi) is 6.07. The topological polar surface area (TPSA) is 101 Å². The molecule has 9 heteroatoms. The van der Waals surface area contributed by atoms with Gasteiger partial charge in [-0.1, -0.05) is 30.3 Å². The molecule has 0 radical (unpaired) electrons. The number of amides is 1. The van der Waals surface area contributed by atoms with Crippen LogP contribution in [0.1, 0.15) is 12.8 Å². The number of carbonyl (C=O) groups excluding carboxylic acids is 1. The molecular formula is C23H24N2O5S2. The molecule has 1 saturated heterocycles. The van der Waals surface area contributed by atoms with Gasteiger partial charge < -0.3 is 5.32 Å². The van der Waals surface area contributed by atoms with Crippen LogP contribution in [0, 0.1) is 5.92 Å². The fourth-order valence-corrected chi connectivity index (χ4v) is 6.00. The van der Waals surface area contributed by atoms with Crippen molar-refractivity contribution in [1.82, 2.24) is 4.31 Å². The number of sulfonamides is 1. The zero-order chi connectivity index (χ0) is 22.9. The smallest absolute Gasteiger partial charge is 0.243 e. The van der Waals surface area contributed by atoms with Crippen LogP contribution in [0.25, 0.3) is 10.8 Å². The highest BCUT2D eigenvalue weighted by Crippen LogP contribution is 2.27. The van der Waals surface area contributed by atoms with E-state index in [9.17, 15) is 21.6 Å². The second-order valence-electron chi connectivity index (χ2n) is 7.97. The maximum absolute atomic E-state index is 13.1. The monoisotopic (exact) mass is 472 g/mol. The standard InChI is InChI=1S/C23H24N2O5S2/c1-31(27,28)21-10-7-20(8-11-21)24-23(26)18-12-14-25(15-13-18)32(29,30)22-9-6-17-4-2-3-5-19(17)16-22/h2-11,16,18H,12-15H2,1H3,(H,24,26). The summed E-state index contributed by atoms with van der Waals surface area (Å²) in [6.45, 7) is 0.528. The van der Waals surface area contributed by atoms with Gasteiger partial charge in [0.15, 0.2) is 9.84 Å². The highest BCUT2D eigenvalue weighted by atomic mass is 32.2. The van der Waals surface area contributed by atoms with Gasteiger partial charge in [0.2, 0.25) is 15.9 Å². The highest BCUT2D eigenvalue weighted by Gasteiger charge is 2.32. The fourth-order valence-electron chi connectivity index (χ4n) is 3.87. The van der Waals surface area contributed by atoms with Crippen molar-refractivity contribution in [3.05, 3.63) is 66.7 Å². The largest absolute Gasteiger partial charge is 0.326 e. The van der Waals surface area contributed by atoms with Gasteiger partial charge in [0, 0.05) is 31.0 Å². The van der Waals surface area contributed by atoms with Gasteiger partial charge >= 0.3 is 0 Å². The summed E-state index contributed by atoms with van der Waals surface area (Å²) in [5.41, 5.74) is 0.508. The third kappa shape index (κ3) is 4.69. The van der Waals surface area contributed by atoms with Crippen molar-refractivity contribution in [2.75, 3.05) is 24.7 Å². The summed E-state index contributed by atoms with van der Waals surface area (Å²) in [5.74, 6) is -0.507. The van der Waals surface area contributed by atoms with Gasteiger partial charge in [-0.05, 0) is 60.0 Å². The van der Waals surface area contributed by atoms with Crippen molar-refractivity contribution < 1.29 is 21.6 Å². The van der Waals surface area contributed by atoms with Crippen LogP contribution in [0.5, 0.6) is 0 Å². The fraction of sp³-hybridized carbons (Fsp3) is 0.261. The van der Waals surface area contributed by atoms with Crippen molar-refractivity contribution >= 4 is 42.2 Å². The highest BCUT2D eigenvalue weighted by molar-refractivity contribution is 7.90. The summed E-state index contributed by atoms with van der Waals surface area (Å²) < 4.78 is 50.7. The number of carbonyl (C=O) groups is 1. The lowest BCUT2D eigenvalue weighted by Gasteiger charge is -2.30. The Labute approximate surface area is 188 Å². The van der Waals surface area contributed by atoms with Crippen LogP contribution >= 0.6 is 0 Å². The molecule has 32 heavy (non-hydrogen) atoms. The summed E-state index contributed by atoms with van der Waals surface area (Å²) in [4.78, 5) is 13.1. The Bertz CT molecular complexity index is 1360. The lowest BCUT2D eigenvalue weighted by molar-refractivity contribution is -0.120. The average Bonchev–Trinajstić information content (AvgIpc) is 2.78. The van der Waals surface area contributed by atoms with E-state index in [0.29, 0.717) is 18.5 Å². The number of hydrogen-bond donors (Lipinski definition) is 1. The van der Waals surface area contributed by atoms with Gasteiger partial charge in [0.05, 0.1) is 9.79 Å². The molecule has 1 aliphatic heterocycles. The third-order valence-corrected chi connectivity index (χ3v) is 8.76. The summed E-state index contributed by atoms with van der Waals surface area (Å²) in [6.07, 6.45) is 1.96. The van der Waals surface area contributed by atoms with Crippen molar-refractivity contribution in [3.8, 4) is 0 Å². The third-order valence-electron chi connectivity index (χ3n) is 5.73. The van der Waals surface area contributed by atoms with Crippen LogP contribution in [-0.4, -0.2) is 46.4 Å². The molecule has 4 rings (SSSR count). The van der Waals surface area contributed by atoms with Crippen LogP contribution in [0.3, 0.4) is 0 Å². The number of sulfone groups is 1. The maximum Gasteiger partial charge on any atom is 0.243 e. The molecule has 1 fully saturated rings. The Hall–Kier alpha value is -2.75. The molecule has 0 atom stereocenters. The first-order valence-corrected chi connectivity index (χ1v) is 13.6. The molecule has 3 aromatic rings. The second kappa shape index (κ2) is 8.65. The number of nitrogens with zero attached hydrogens (tertiary/aromatic N) is 1. The van der Waals surface area contributed by atoms with E-state index in [1.54, 1.807) is 30.3 Å². The van der Waals surface area contributed by atoms with E-state index in [1.165, 1.54) is 16.4 Å². The minimum atomic E-state index is -3.64. The normalized spacial score (nSPS) is 16.2. The maximum atomic E-state index is 13.1. The van der Waals surface area contributed by atoms with Crippen molar-refractivity contribution in [2.45, 2.75) is 22.6 Å². The van der Waals surface area contributed by atoms with Gasteiger partial charge in [0.1, 0.15) is 0 Å². The molecule has 168 valence electrons. The van der Waals surface area contributed by atoms with Crippen LogP contribution in [0.2, 0.25) is 0 Å². The molecule has 3 aromatic carbocycles. The van der Waals surface area contributed by atoms with E-state index in [2.05, 4.69) is 5.32 Å². The Morgan fingerprint density at radius 2 is 1.44 bits per heavy atom. The van der Waals surface area contributed by atoms with Crippen LogP contribution in [-0.2, 0) is 24.7 Å². The Balaban J connectivity index is 1.40. The van der Waals surface area contributed by atoms with E-state index in [0.717, 1.165) is 17.0 Å². The van der Waals surface area contributed by atoms with Gasteiger partial charge in [-0.3, -0.25) is 4.79 Å². The Morgan fingerprint density at radius 1 is 0.844 bits per heavy atom. The van der Waals surface area contributed by atoms with E-state index in [-0.39, 0.29) is 34.7 Å². The number of nitrogens with one attached hydrogen (secondary N) is 1. The zero-order valence-corrected chi connectivity index (χ0v) is 19.2. The number of piperidine rings is 1. The molecule has 1 heterocycles. The van der Waals surface area contributed by atoms with E-state index in [4.69, 9.17) is 0 Å². The number of rotatable bonds is 5. The molecule has 0 bridgehead atoms. The van der Waals surface area contributed by atoms with Crippen LogP contribution in [0.4, 0.5) is 5.69 Å². The second-order valence-corrected chi connectivity index (χ2v) is 11.9. The minimum Gasteiger partial charge on any atom is -0.326 e. The molecule has 1 amide bonds. The SMILES string of the molecule is CS(=O)(=O)c1ccc(NC(=O)C2CCN(S(=O)(=O)c3ccc4ccccc4c3)CC2)cc1. The zero-order valence-electron chi connectivity index (χ0n) is 17.6. The minimum absolute atomic E-state index is 0.183. The molecule has 7 nitrogen and oxygen atoms in total. The van der Waals surface area contributed by atoms with Crippen molar-refractivity contribution in [1.29, 1.82) is 0 Å².